The van der Waals surface area contributed by atoms with Crippen LogP contribution in [0.15, 0.2) is 24.3 Å². The number of anilines is 1. The number of likely N-dealkylation sites (tertiary alicyclic amines) is 1. The third-order valence-electron chi connectivity index (χ3n) is 4.49. The summed E-state index contributed by atoms with van der Waals surface area (Å²) in [5.74, 6) is -0.400. The Morgan fingerprint density at radius 2 is 1.89 bits per heavy atom. The normalized spacial score (nSPS) is 19.5. The summed E-state index contributed by atoms with van der Waals surface area (Å²) in [5, 5.41) is 5.76. The summed E-state index contributed by atoms with van der Waals surface area (Å²) in [6.07, 6.45) is 2.90. The summed E-state index contributed by atoms with van der Waals surface area (Å²) in [5.41, 5.74) is 0.443. The molecule has 146 valence electrons. The number of amides is 3. The van der Waals surface area contributed by atoms with Crippen LogP contribution < -0.4 is 10.6 Å². The number of nitrogens with zero attached hydrogens (tertiary/aromatic N) is 1. The van der Waals surface area contributed by atoms with Gasteiger partial charge in [-0.25, -0.2) is 4.79 Å². The Bertz CT molecular complexity index is 737. The molecule has 1 saturated heterocycles. The van der Waals surface area contributed by atoms with E-state index < -0.39 is 17.7 Å². The standard InChI is InChI=1S/C20H27N3O4/c1-20(2,3)27-19(26)23-11-5-8-16(23)18(25)22-15-7-4-6-13(12-15)17(24)21-14-9-10-14/h4,6-7,12,14,16H,5,8-11H2,1-3H3,(H,21,24)(H,22,25)/t16-/m1/s1. The lowest BCUT2D eigenvalue weighted by Gasteiger charge is -2.28. The van der Waals surface area contributed by atoms with Crippen molar-refractivity contribution < 1.29 is 19.1 Å². The van der Waals surface area contributed by atoms with Crippen molar-refractivity contribution in [3.8, 4) is 0 Å². The maximum atomic E-state index is 12.7. The van der Waals surface area contributed by atoms with Gasteiger partial charge in [0, 0.05) is 23.8 Å². The molecule has 3 amide bonds. The molecule has 27 heavy (non-hydrogen) atoms. The lowest BCUT2D eigenvalue weighted by molar-refractivity contribution is -0.120. The van der Waals surface area contributed by atoms with E-state index in [-0.39, 0.29) is 17.9 Å². The quantitative estimate of drug-likeness (QED) is 0.849. The van der Waals surface area contributed by atoms with Gasteiger partial charge in [-0.1, -0.05) is 6.07 Å². The minimum Gasteiger partial charge on any atom is -0.444 e. The van der Waals surface area contributed by atoms with Gasteiger partial charge in [-0.3, -0.25) is 14.5 Å². The number of ether oxygens (including phenoxy) is 1. The van der Waals surface area contributed by atoms with Crippen LogP contribution in [0.25, 0.3) is 0 Å². The predicted octanol–water partition coefficient (Wildman–Crippen LogP) is 2.92. The van der Waals surface area contributed by atoms with Crippen molar-refractivity contribution in [2.45, 2.75) is 64.1 Å². The molecule has 1 aromatic carbocycles. The van der Waals surface area contributed by atoms with Crippen LogP contribution in [0.5, 0.6) is 0 Å². The molecular formula is C20H27N3O4. The first-order valence-corrected chi connectivity index (χ1v) is 9.44. The Labute approximate surface area is 159 Å². The summed E-state index contributed by atoms with van der Waals surface area (Å²) in [4.78, 5) is 38.7. The molecule has 1 atom stereocenters. The molecule has 1 aromatic rings. The van der Waals surface area contributed by atoms with Crippen molar-refractivity contribution in [3.05, 3.63) is 29.8 Å². The average molecular weight is 373 g/mol. The molecule has 1 saturated carbocycles. The highest BCUT2D eigenvalue weighted by Gasteiger charge is 2.36. The van der Waals surface area contributed by atoms with Gasteiger partial charge in [0.1, 0.15) is 11.6 Å². The number of carbonyl (C=O) groups is 3. The lowest BCUT2D eigenvalue weighted by atomic mass is 10.1. The van der Waals surface area contributed by atoms with Crippen LogP contribution in [0.2, 0.25) is 0 Å². The first kappa shape index (κ1) is 19.2. The first-order chi connectivity index (χ1) is 12.7. The monoisotopic (exact) mass is 373 g/mol. The maximum absolute atomic E-state index is 12.7. The Morgan fingerprint density at radius 3 is 2.56 bits per heavy atom. The first-order valence-electron chi connectivity index (χ1n) is 9.44. The highest BCUT2D eigenvalue weighted by atomic mass is 16.6. The topological polar surface area (TPSA) is 87.7 Å². The molecule has 3 rings (SSSR count). The second-order valence-corrected chi connectivity index (χ2v) is 8.15. The molecule has 1 heterocycles. The zero-order chi connectivity index (χ0) is 19.6. The van der Waals surface area contributed by atoms with Crippen molar-refractivity contribution in [2.75, 3.05) is 11.9 Å². The van der Waals surface area contributed by atoms with Gasteiger partial charge in [-0.05, 0) is 64.7 Å². The molecular weight excluding hydrogens is 346 g/mol. The minimum absolute atomic E-state index is 0.134. The molecule has 0 bridgehead atoms. The van der Waals surface area contributed by atoms with E-state index in [1.807, 2.05) is 0 Å². The van der Waals surface area contributed by atoms with Crippen molar-refractivity contribution in [1.29, 1.82) is 0 Å². The maximum Gasteiger partial charge on any atom is 0.410 e. The van der Waals surface area contributed by atoms with E-state index in [1.54, 1.807) is 45.0 Å². The summed E-state index contributed by atoms with van der Waals surface area (Å²) in [7, 11) is 0. The molecule has 1 aliphatic carbocycles. The number of hydrogen-bond donors (Lipinski definition) is 2. The van der Waals surface area contributed by atoms with Crippen molar-refractivity contribution in [1.82, 2.24) is 10.2 Å². The molecule has 0 aromatic heterocycles. The van der Waals surface area contributed by atoms with E-state index in [0.29, 0.717) is 24.2 Å². The fourth-order valence-electron chi connectivity index (χ4n) is 3.04. The molecule has 0 unspecified atom stereocenters. The van der Waals surface area contributed by atoms with E-state index in [0.717, 1.165) is 19.3 Å². The summed E-state index contributed by atoms with van der Waals surface area (Å²) in [6.45, 7) is 5.90. The fraction of sp³-hybridized carbons (Fsp3) is 0.550. The van der Waals surface area contributed by atoms with Crippen LogP contribution in [-0.2, 0) is 9.53 Å². The lowest BCUT2D eigenvalue weighted by Crippen LogP contribution is -2.45. The molecule has 2 N–H and O–H groups in total. The molecule has 1 aliphatic heterocycles. The molecule has 7 nitrogen and oxygen atoms in total. The van der Waals surface area contributed by atoms with Gasteiger partial charge in [0.25, 0.3) is 5.91 Å². The Kier molecular flexibility index (Phi) is 5.39. The van der Waals surface area contributed by atoms with Crippen LogP contribution in [0.3, 0.4) is 0 Å². The number of rotatable bonds is 4. The number of benzene rings is 1. The second kappa shape index (κ2) is 7.58. The molecule has 7 heteroatoms. The Balaban J connectivity index is 1.63. The van der Waals surface area contributed by atoms with Gasteiger partial charge in [0.05, 0.1) is 0 Å². The summed E-state index contributed by atoms with van der Waals surface area (Å²) < 4.78 is 5.40. The van der Waals surface area contributed by atoms with E-state index in [1.165, 1.54) is 4.90 Å². The van der Waals surface area contributed by atoms with Crippen molar-refractivity contribution >= 4 is 23.6 Å². The average Bonchev–Trinajstić information content (AvgIpc) is 3.24. The predicted molar refractivity (Wildman–Crippen MR) is 102 cm³/mol. The van der Waals surface area contributed by atoms with E-state index in [2.05, 4.69) is 10.6 Å². The van der Waals surface area contributed by atoms with Crippen molar-refractivity contribution in [3.63, 3.8) is 0 Å². The van der Waals surface area contributed by atoms with E-state index in [9.17, 15) is 14.4 Å². The summed E-state index contributed by atoms with van der Waals surface area (Å²) in [6, 6.07) is 6.55. The van der Waals surface area contributed by atoms with Crippen LogP contribution in [-0.4, -0.2) is 47.0 Å². The zero-order valence-corrected chi connectivity index (χ0v) is 16.1. The molecule has 2 aliphatic rings. The van der Waals surface area contributed by atoms with Gasteiger partial charge in [-0.15, -0.1) is 0 Å². The number of nitrogens with one attached hydrogen (secondary N) is 2. The minimum atomic E-state index is -0.607. The molecule has 2 fully saturated rings. The molecule has 0 spiro atoms. The zero-order valence-electron chi connectivity index (χ0n) is 16.1. The highest BCUT2D eigenvalue weighted by Crippen LogP contribution is 2.23. The van der Waals surface area contributed by atoms with Crippen molar-refractivity contribution in [2.24, 2.45) is 0 Å². The number of hydrogen-bond acceptors (Lipinski definition) is 4. The Morgan fingerprint density at radius 1 is 1.15 bits per heavy atom. The van der Waals surface area contributed by atoms with Crippen LogP contribution in [0, 0.1) is 0 Å². The van der Waals surface area contributed by atoms with Gasteiger partial charge in [0.2, 0.25) is 5.91 Å². The fourth-order valence-corrected chi connectivity index (χ4v) is 3.04. The smallest absolute Gasteiger partial charge is 0.410 e. The third kappa shape index (κ3) is 5.21. The van der Waals surface area contributed by atoms with Crippen LogP contribution >= 0.6 is 0 Å². The molecule has 0 radical (unpaired) electrons. The summed E-state index contributed by atoms with van der Waals surface area (Å²) >= 11 is 0. The van der Waals surface area contributed by atoms with Crippen LogP contribution in [0.1, 0.15) is 56.8 Å². The Hall–Kier alpha value is -2.57. The van der Waals surface area contributed by atoms with Crippen LogP contribution in [0.4, 0.5) is 10.5 Å². The third-order valence-corrected chi connectivity index (χ3v) is 4.49. The van der Waals surface area contributed by atoms with Gasteiger partial charge in [0.15, 0.2) is 0 Å². The van der Waals surface area contributed by atoms with Gasteiger partial charge >= 0.3 is 6.09 Å². The second-order valence-electron chi connectivity index (χ2n) is 8.15. The van der Waals surface area contributed by atoms with Gasteiger partial charge in [-0.2, -0.15) is 0 Å². The highest BCUT2D eigenvalue weighted by molar-refractivity contribution is 5.99. The SMILES string of the molecule is CC(C)(C)OC(=O)N1CCC[C@@H]1C(=O)Nc1cccc(C(=O)NC2CC2)c1. The van der Waals surface area contributed by atoms with Gasteiger partial charge < -0.3 is 15.4 Å². The van der Waals surface area contributed by atoms with E-state index >= 15 is 0 Å². The number of carbonyl (C=O) groups excluding carboxylic acids is 3. The largest absolute Gasteiger partial charge is 0.444 e. The van der Waals surface area contributed by atoms with E-state index in [4.69, 9.17) is 4.74 Å².